The maximum atomic E-state index is 12.2. The molecular formula is C15H10Br2N2O. The zero-order chi connectivity index (χ0) is 14.7. The Bertz CT molecular complexity index is 700. The summed E-state index contributed by atoms with van der Waals surface area (Å²) in [5.41, 5.74) is 2.60. The number of nitrogens with zero attached hydrogens (tertiary/aromatic N) is 1. The van der Waals surface area contributed by atoms with Crippen LogP contribution in [0.1, 0.15) is 21.5 Å². The van der Waals surface area contributed by atoms with E-state index in [0.29, 0.717) is 16.8 Å². The van der Waals surface area contributed by atoms with E-state index in [1.165, 1.54) is 0 Å². The third kappa shape index (κ3) is 3.47. The molecule has 0 saturated heterocycles. The van der Waals surface area contributed by atoms with Crippen molar-refractivity contribution in [1.82, 2.24) is 0 Å². The summed E-state index contributed by atoms with van der Waals surface area (Å²) in [5.74, 6) is -0.217. The monoisotopic (exact) mass is 392 g/mol. The minimum Gasteiger partial charge on any atom is -0.322 e. The number of benzene rings is 2. The van der Waals surface area contributed by atoms with Gasteiger partial charge in [0.1, 0.15) is 0 Å². The van der Waals surface area contributed by atoms with Crippen LogP contribution in [0.4, 0.5) is 5.69 Å². The Labute approximate surface area is 133 Å². The Hall–Kier alpha value is -1.64. The zero-order valence-corrected chi connectivity index (χ0v) is 13.7. The van der Waals surface area contributed by atoms with Gasteiger partial charge in [0.2, 0.25) is 0 Å². The fourth-order valence-corrected chi connectivity index (χ4v) is 3.00. The number of anilines is 1. The number of carbonyl (C=O) groups is 1. The average Bonchev–Trinajstić information content (AvgIpc) is 2.40. The summed E-state index contributed by atoms with van der Waals surface area (Å²) in [6, 6.07) is 12.6. The molecule has 3 nitrogen and oxygen atoms in total. The van der Waals surface area contributed by atoms with E-state index in [4.69, 9.17) is 5.26 Å². The molecule has 0 heterocycles. The molecule has 0 radical (unpaired) electrons. The van der Waals surface area contributed by atoms with E-state index in [0.717, 1.165) is 14.5 Å². The first-order valence-corrected chi connectivity index (χ1v) is 7.36. The lowest BCUT2D eigenvalue weighted by molar-refractivity contribution is 0.102. The summed E-state index contributed by atoms with van der Waals surface area (Å²) in [6.45, 7) is 1.88. The number of halogens is 2. The largest absolute Gasteiger partial charge is 0.322 e. The number of hydrogen-bond acceptors (Lipinski definition) is 2. The lowest BCUT2D eigenvalue weighted by Gasteiger charge is -2.09. The van der Waals surface area contributed by atoms with Gasteiger partial charge < -0.3 is 5.32 Å². The Balaban J connectivity index is 2.30. The van der Waals surface area contributed by atoms with Crippen molar-refractivity contribution in [1.29, 1.82) is 5.26 Å². The highest BCUT2D eigenvalue weighted by Gasteiger charge is 2.10. The average molecular weight is 394 g/mol. The number of aryl methyl sites for hydroxylation is 1. The molecule has 2 aromatic rings. The van der Waals surface area contributed by atoms with Gasteiger partial charge in [-0.05, 0) is 42.8 Å². The second-order valence-electron chi connectivity index (χ2n) is 4.25. The van der Waals surface area contributed by atoms with Gasteiger partial charge in [-0.3, -0.25) is 4.79 Å². The van der Waals surface area contributed by atoms with Crippen molar-refractivity contribution in [2.75, 3.05) is 5.32 Å². The lowest BCUT2D eigenvalue weighted by Crippen LogP contribution is -2.13. The van der Waals surface area contributed by atoms with Gasteiger partial charge in [0.15, 0.2) is 0 Å². The number of nitriles is 1. The predicted octanol–water partition coefficient (Wildman–Crippen LogP) is 4.64. The van der Waals surface area contributed by atoms with E-state index >= 15 is 0 Å². The van der Waals surface area contributed by atoms with E-state index in [-0.39, 0.29) is 5.91 Å². The highest BCUT2D eigenvalue weighted by atomic mass is 79.9. The lowest BCUT2D eigenvalue weighted by atomic mass is 10.1. The molecule has 0 aliphatic carbocycles. The van der Waals surface area contributed by atoms with Crippen LogP contribution in [0.15, 0.2) is 45.3 Å². The Morgan fingerprint density at radius 2 is 1.80 bits per heavy atom. The van der Waals surface area contributed by atoms with Gasteiger partial charge in [-0.2, -0.15) is 5.26 Å². The van der Waals surface area contributed by atoms with E-state index in [2.05, 4.69) is 43.2 Å². The van der Waals surface area contributed by atoms with Crippen molar-refractivity contribution >= 4 is 43.5 Å². The molecule has 20 heavy (non-hydrogen) atoms. The highest BCUT2D eigenvalue weighted by Crippen LogP contribution is 2.22. The number of amides is 1. The van der Waals surface area contributed by atoms with Gasteiger partial charge in [-0.1, -0.05) is 37.9 Å². The molecule has 1 amide bonds. The smallest absolute Gasteiger partial charge is 0.255 e. The van der Waals surface area contributed by atoms with Crippen LogP contribution >= 0.6 is 31.9 Å². The van der Waals surface area contributed by atoms with E-state index in [1.807, 2.05) is 19.1 Å². The molecule has 2 aromatic carbocycles. The SMILES string of the molecule is Cc1ccc(C#N)cc1NC(=O)c1cc(Br)cc(Br)c1. The van der Waals surface area contributed by atoms with Crippen LogP contribution in [0.2, 0.25) is 0 Å². The second kappa shape index (κ2) is 6.21. The van der Waals surface area contributed by atoms with Gasteiger partial charge in [0.05, 0.1) is 11.6 Å². The third-order valence-corrected chi connectivity index (χ3v) is 3.66. The third-order valence-electron chi connectivity index (χ3n) is 2.74. The summed E-state index contributed by atoms with van der Waals surface area (Å²) in [7, 11) is 0. The van der Waals surface area contributed by atoms with Crippen LogP contribution in [0, 0.1) is 18.3 Å². The number of carbonyl (C=O) groups excluding carboxylic acids is 1. The molecule has 0 bridgehead atoms. The molecule has 5 heteroatoms. The van der Waals surface area contributed by atoms with Gasteiger partial charge >= 0.3 is 0 Å². The van der Waals surface area contributed by atoms with E-state index in [1.54, 1.807) is 24.3 Å². The number of rotatable bonds is 2. The van der Waals surface area contributed by atoms with Crippen LogP contribution in [0.25, 0.3) is 0 Å². The normalized spacial score (nSPS) is 9.90. The van der Waals surface area contributed by atoms with Gasteiger partial charge in [-0.25, -0.2) is 0 Å². The summed E-state index contributed by atoms with van der Waals surface area (Å²) >= 11 is 6.70. The molecule has 0 atom stereocenters. The molecule has 0 aliphatic heterocycles. The van der Waals surface area contributed by atoms with Crippen LogP contribution < -0.4 is 5.32 Å². The molecule has 1 N–H and O–H groups in total. The second-order valence-corrected chi connectivity index (χ2v) is 6.09. The predicted molar refractivity (Wildman–Crippen MR) is 85.7 cm³/mol. The first-order valence-electron chi connectivity index (χ1n) is 5.78. The van der Waals surface area contributed by atoms with Crippen LogP contribution in [-0.2, 0) is 0 Å². The van der Waals surface area contributed by atoms with Crippen molar-refractivity contribution in [3.05, 3.63) is 62.0 Å². The van der Waals surface area contributed by atoms with Crippen molar-refractivity contribution in [3.63, 3.8) is 0 Å². The van der Waals surface area contributed by atoms with Crippen molar-refractivity contribution in [2.24, 2.45) is 0 Å². The molecule has 0 aliphatic rings. The number of nitrogens with one attached hydrogen (secondary N) is 1. The zero-order valence-electron chi connectivity index (χ0n) is 10.6. The van der Waals surface area contributed by atoms with Crippen LogP contribution in [-0.4, -0.2) is 5.91 Å². The number of hydrogen-bond donors (Lipinski definition) is 1. The summed E-state index contributed by atoms with van der Waals surface area (Å²) < 4.78 is 1.64. The van der Waals surface area contributed by atoms with Crippen molar-refractivity contribution in [3.8, 4) is 6.07 Å². The van der Waals surface area contributed by atoms with Crippen LogP contribution in [0.5, 0.6) is 0 Å². The summed E-state index contributed by atoms with van der Waals surface area (Å²) in [4.78, 5) is 12.2. The molecule has 0 spiro atoms. The molecule has 0 fully saturated rings. The molecule has 100 valence electrons. The first kappa shape index (κ1) is 14.8. The Morgan fingerprint density at radius 3 is 2.40 bits per heavy atom. The minimum atomic E-state index is -0.217. The maximum absolute atomic E-state index is 12.2. The fourth-order valence-electron chi connectivity index (χ4n) is 1.71. The first-order chi connectivity index (χ1) is 9.49. The summed E-state index contributed by atoms with van der Waals surface area (Å²) in [6.07, 6.45) is 0. The molecule has 2 rings (SSSR count). The molecule has 0 saturated carbocycles. The van der Waals surface area contributed by atoms with Gasteiger partial charge in [0, 0.05) is 20.2 Å². The van der Waals surface area contributed by atoms with Crippen molar-refractivity contribution in [2.45, 2.75) is 6.92 Å². The summed E-state index contributed by atoms with van der Waals surface area (Å²) in [5, 5.41) is 11.7. The topological polar surface area (TPSA) is 52.9 Å². The quantitative estimate of drug-likeness (QED) is 0.807. The Morgan fingerprint density at radius 1 is 1.15 bits per heavy atom. The highest BCUT2D eigenvalue weighted by molar-refractivity contribution is 9.11. The van der Waals surface area contributed by atoms with E-state index < -0.39 is 0 Å². The maximum Gasteiger partial charge on any atom is 0.255 e. The fraction of sp³-hybridized carbons (Fsp3) is 0.0667. The Kier molecular flexibility index (Phi) is 4.58. The van der Waals surface area contributed by atoms with Crippen molar-refractivity contribution < 1.29 is 4.79 Å². The van der Waals surface area contributed by atoms with Crippen LogP contribution in [0.3, 0.4) is 0 Å². The minimum absolute atomic E-state index is 0.217. The molecule has 0 aromatic heterocycles. The standard InChI is InChI=1S/C15H10Br2N2O/c1-9-2-3-10(8-18)4-14(9)19-15(20)11-5-12(16)7-13(17)6-11/h2-7H,1H3,(H,19,20). The van der Waals surface area contributed by atoms with Gasteiger partial charge in [0.25, 0.3) is 5.91 Å². The van der Waals surface area contributed by atoms with E-state index in [9.17, 15) is 4.79 Å². The molecule has 0 unspecified atom stereocenters. The molecular weight excluding hydrogens is 384 g/mol. The van der Waals surface area contributed by atoms with Gasteiger partial charge in [-0.15, -0.1) is 0 Å².